The Morgan fingerprint density at radius 2 is 2.29 bits per heavy atom. The monoisotopic (exact) mass is 372 g/mol. The molecule has 1 aliphatic heterocycles. The minimum absolute atomic E-state index is 0.0184. The first-order valence-corrected chi connectivity index (χ1v) is 8.55. The molecule has 0 bridgehead atoms. The maximum Gasteiger partial charge on any atom is 0.322 e. The Bertz CT molecular complexity index is 553. The van der Waals surface area contributed by atoms with E-state index in [9.17, 15) is 9.59 Å². The number of thioether (sulfide) groups is 1. The third kappa shape index (κ3) is 4.38. The van der Waals surface area contributed by atoms with E-state index in [0.29, 0.717) is 18.0 Å². The topological polar surface area (TPSA) is 69.6 Å². The van der Waals surface area contributed by atoms with Crippen molar-refractivity contribution in [3.05, 3.63) is 28.2 Å². The first-order valence-electron chi connectivity index (χ1n) is 6.60. The molecule has 5 nitrogen and oxygen atoms in total. The maximum absolute atomic E-state index is 12.4. The molecule has 1 aromatic rings. The van der Waals surface area contributed by atoms with Crippen LogP contribution in [0.4, 0.5) is 10.5 Å². The van der Waals surface area contributed by atoms with Crippen LogP contribution in [0.2, 0.25) is 0 Å². The number of aryl methyl sites for hydroxylation is 1. The minimum Gasteiger partial charge on any atom is -0.481 e. The molecule has 1 fully saturated rings. The predicted octanol–water partition coefficient (Wildman–Crippen LogP) is 3.18. The number of carboxylic acids is 1. The second-order valence-electron chi connectivity index (χ2n) is 4.93. The van der Waals surface area contributed by atoms with Crippen LogP contribution in [0.3, 0.4) is 0 Å². The van der Waals surface area contributed by atoms with Crippen LogP contribution in [0.25, 0.3) is 0 Å². The van der Waals surface area contributed by atoms with Gasteiger partial charge in [0, 0.05) is 22.5 Å². The Hall–Kier alpha value is -1.21. The second-order valence-corrected chi connectivity index (χ2v) is 6.94. The van der Waals surface area contributed by atoms with Gasteiger partial charge in [0.1, 0.15) is 0 Å². The molecule has 21 heavy (non-hydrogen) atoms. The van der Waals surface area contributed by atoms with E-state index >= 15 is 0 Å². The minimum atomic E-state index is -0.878. The number of carbonyl (C=O) groups excluding carboxylic acids is 1. The number of anilines is 1. The summed E-state index contributed by atoms with van der Waals surface area (Å²) >= 11 is 5.11. The maximum atomic E-state index is 12.4. The molecule has 0 spiro atoms. The number of amides is 2. The third-order valence-electron chi connectivity index (χ3n) is 3.26. The van der Waals surface area contributed by atoms with Crippen molar-refractivity contribution in [3.8, 4) is 0 Å². The zero-order valence-electron chi connectivity index (χ0n) is 11.6. The lowest BCUT2D eigenvalue weighted by molar-refractivity contribution is -0.137. The molecule has 1 heterocycles. The molecule has 1 saturated heterocycles. The van der Waals surface area contributed by atoms with E-state index in [4.69, 9.17) is 5.11 Å². The van der Waals surface area contributed by atoms with E-state index in [1.807, 2.05) is 25.1 Å². The normalized spacial score (nSPS) is 18.4. The van der Waals surface area contributed by atoms with Gasteiger partial charge >= 0.3 is 12.0 Å². The summed E-state index contributed by atoms with van der Waals surface area (Å²) in [5.41, 5.74) is 1.79. The zero-order valence-corrected chi connectivity index (χ0v) is 14.0. The third-order valence-corrected chi connectivity index (χ3v) is 5.01. The Labute approximate surface area is 136 Å². The van der Waals surface area contributed by atoms with Crippen molar-refractivity contribution in [1.29, 1.82) is 0 Å². The number of benzene rings is 1. The van der Waals surface area contributed by atoms with Gasteiger partial charge in [-0.15, -0.1) is 0 Å². The summed E-state index contributed by atoms with van der Waals surface area (Å²) in [4.78, 5) is 24.9. The molecular weight excluding hydrogens is 356 g/mol. The lowest BCUT2D eigenvalue weighted by Crippen LogP contribution is -2.48. The van der Waals surface area contributed by atoms with E-state index < -0.39 is 5.97 Å². The summed E-state index contributed by atoms with van der Waals surface area (Å²) in [5, 5.41) is 11.8. The standard InChI is InChI=1S/C14H17BrN2O3S/c1-9-2-3-12(11(15)6-9)16-14(20)17-4-5-21-8-10(17)7-13(18)19/h2-3,6,10H,4-5,7-8H2,1H3,(H,16,20)(H,18,19). The van der Waals surface area contributed by atoms with E-state index in [-0.39, 0.29) is 18.5 Å². The van der Waals surface area contributed by atoms with Gasteiger partial charge in [-0.1, -0.05) is 6.07 Å². The largest absolute Gasteiger partial charge is 0.481 e. The van der Waals surface area contributed by atoms with Crippen molar-refractivity contribution < 1.29 is 14.7 Å². The average Bonchev–Trinajstić information content (AvgIpc) is 2.42. The highest BCUT2D eigenvalue weighted by atomic mass is 79.9. The lowest BCUT2D eigenvalue weighted by atomic mass is 10.2. The van der Waals surface area contributed by atoms with Gasteiger partial charge in [-0.3, -0.25) is 4.79 Å². The molecule has 2 rings (SSSR count). The summed E-state index contributed by atoms with van der Waals surface area (Å²) in [6.07, 6.45) is -0.0184. The van der Waals surface area contributed by atoms with Crippen molar-refractivity contribution in [2.45, 2.75) is 19.4 Å². The Morgan fingerprint density at radius 3 is 2.95 bits per heavy atom. The molecule has 0 saturated carbocycles. The lowest BCUT2D eigenvalue weighted by Gasteiger charge is -2.34. The molecule has 7 heteroatoms. The fraction of sp³-hybridized carbons (Fsp3) is 0.429. The van der Waals surface area contributed by atoms with Gasteiger partial charge in [-0.05, 0) is 40.5 Å². The van der Waals surface area contributed by atoms with Crippen LogP contribution in [0, 0.1) is 6.92 Å². The molecule has 0 radical (unpaired) electrons. The first-order chi connectivity index (χ1) is 9.97. The van der Waals surface area contributed by atoms with Crippen LogP contribution < -0.4 is 5.32 Å². The van der Waals surface area contributed by atoms with E-state index in [2.05, 4.69) is 21.2 Å². The number of carbonyl (C=O) groups is 2. The summed E-state index contributed by atoms with van der Waals surface area (Å²) in [7, 11) is 0. The highest BCUT2D eigenvalue weighted by Gasteiger charge is 2.29. The number of nitrogens with zero attached hydrogens (tertiary/aromatic N) is 1. The van der Waals surface area contributed by atoms with Gasteiger partial charge in [0.15, 0.2) is 0 Å². The van der Waals surface area contributed by atoms with E-state index in [1.54, 1.807) is 16.7 Å². The molecule has 114 valence electrons. The first kappa shape index (κ1) is 16.2. The number of hydrogen-bond donors (Lipinski definition) is 2. The van der Waals surface area contributed by atoms with Crippen LogP contribution >= 0.6 is 27.7 Å². The second kappa shape index (κ2) is 7.17. The number of rotatable bonds is 3. The zero-order chi connectivity index (χ0) is 15.4. The molecule has 0 aromatic heterocycles. The van der Waals surface area contributed by atoms with Crippen molar-refractivity contribution in [3.63, 3.8) is 0 Å². The van der Waals surface area contributed by atoms with Gasteiger partial charge in [-0.2, -0.15) is 11.8 Å². The molecule has 2 amide bonds. The van der Waals surface area contributed by atoms with Crippen LogP contribution in [-0.2, 0) is 4.79 Å². The summed E-state index contributed by atoms with van der Waals surface area (Å²) in [6, 6.07) is 5.18. The Morgan fingerprint density at radius 1 is 1.52 bits per heavy atom. The molecule has 0 aliphatic carbocycles. The fourth-order valence-corrected chi connectivity index (χ4v) is 3.86. The van der Waals surface area contributed by atoms with Crippen LogP contribution in [0.5, 0.6) is 0 Å². The van der Waals surface area contributed by atoms with Crippen molar-refractivity contribution >= 4 is 45.4 Å². The van der Waals surface area contributed by atoms with Gasteiger partial charge in [0.2, 0.25) is 0 Å². The Balaban J connectivity index is 2.08. The summed E-state index contributed by atoms with van der Waals surface area (Å²) < 4.78 is 0.817. The smallest absolute Gasteiger partial charge is 0.322 e. The molecule has 1 unspecified atom stereocenters. The van der Waals surface area contributed by atoms with Gasteiger partial charge < -0.3 is 15.3 Å². The van der Waals surface area contributed by atoms with Crippen molar-refractivity contribution in [2.24, 2.45) is 0 Å². The van der Waals surface area contributed by atoms with Gasteiger partial charge in [0.25, 0.3) is 0 Å². The SMILES string of the molecule is Cc1ccc(NC(=O)N2CCSCC2CC(=O)O)c(Br)c1. The number of hydrogen-bond acceptors (Lipinski definition) is 3. The van der Waals surface area contributed by atoms with Crippen LogP contribution in [0.1, 0.15) is 12.0 Å². The number of aliphatic carboxylic acids is 1. The van der Waals surface area contributed by atoms with E-state index in [0.717, 1.165) is 15.8 Å². The average molecular weight is 373 g/mol. The molecule has 1 aliphatic rings. The van der Waals surface area contributed by atoms with Crippen LogP contribution in [-0.4, -0.2) is 46.1 Å². The van der Waals surface area contributed by atoms with Gasteiger partial charge in [-0.25, -0.2) is 4.79 Å². The number of nitrogens with one attached hydrogen (secondary N) is 1. The highest BCUT2D eigenvalue weighted by Crippen LogP contribution is 2.25. The van der Waals surface area contributed by atoms with Crippen LogP contribution in [0.15, 0.2) is 22.7 Å². The summed E-state index contributed by atoms with van der Waals surface area (Å²) in [6.45, 7) is 2.54. The quantitative estimate of drug-likeness (QED) is 0.854. The number of carboxylic acid groups (broad SMARTS) is 1. The number of halogens is 1. The molecule has 1 aromatic carbocycles. The summed E-state index contributed by atoms with van der Waals surface area (Å²) in [5.74, 6) is 0.615. The molecular formula is C14H17BrN2O3S. The number of urea groups is 1. The fourth-order valence-electron chi connectivity index (χ4n) is 2.20. The van der Waals surface area contributed by atoms with Gasteiger partial charge in [0.05, 0.1) is 18.2 Å². The van der Waals surface area contributed by atoms with Crippen molar-refractivity contribution in [2.75, 3.05) is 23.4 Å². The highest BCUT2D eigenvalue weighted by molar-refractivity contribution is 9.10. The van der Waals surface area contributed by atoms with E-state index in [1.165, 1.54) is 0 Å². The Kier molecular flexibility index (Phi) is 5.52. The predicted molar refractivity (Wildman–Crippen MR) is 88.0 cm³/mol. The van der Waals surface area contributed by atoms with Crippen molar-refractivity contribution in [1.82, 2.24) is 4.90 Å². The molecule has 2 N–H and O–H groups in total. The molecule has 1 atom stereocenters.